The Bertz CT molecular complexity index is 1300. The minimum absolute atomic E-state index is 0.0926. The number of hydrogen-bond acceptors (Lipinski definition) is 5. The first-order valence-electron chi connectivity index (χ1n) is 10.7. The van der Waals surface area contributed by atoms with Crippen molar-refractivity contribution in [3.63, 3.8) is 0 Å². The number of benzene rings is 2. The molecule has 2 aromatic rings. The van der Waals surface area contributed by atoms with Gasteiger partial charge < -0.3 is 11.1 Å². The average molecular weight is 425 g/mol. The van der Waals surface area contributed by atoms with Crippen LogP contribution < -0.4 is 16.0 Å². The van der Waals surface area contributed by atoms with E-state index in [1.54, 1.807) is 4.90 Å². The molecule has 0 radical (unpaired) electrons. The number of aryl methyl sites for hydroxylation is 1. The van der Waals surface area contributed by atoms with Gasteiger partial charge in [-0.3, -0.25) is 14.5 Å². The number of nitrogens with two attached hydrogens (primary N) is 1. The SMILES string of the molecule is Cc1ccc2c(c1)[C@]1(C(=O)N2)C(C#N)=C(N)N(c2ccccc2)C2=C1C(=O)CC(C)(C)C2. The van der Waals surface area contributed by atoms with E-state index in [-0.39, 0.29) is 22.6 Å². The Labute approximate surface area is 187 Å². The van der Waals surface area contributed by atoms with E-state index in [4.69, 9.17) is 5.73 Å². The Hall–Kier alpha value is -3.85. The molecular weight excluding hydrogens is 400 g/mol. The van der Waals surface area contributed by atoms with Crippen LogP contribution >= 0.6 is 0 Å². The number of nitriles is 1. The van der Waals surface area contributed by atoms with E-state index in [1.807, 2.05) is 69.3 Å². The van der Waals surface area contributed by atoms with Gasteiger partial charge in [0.15, 0.2) is 5.78 Å². The largest absolute Gasteiger partial charge is 0.384 e. The highest BCUT2D eigenvalue weighted by atomic mass is 16.2. The van der Waals surface area contributed by atoms with Gasteiger partial charge in [0.25, 0.3) is 0 Å². The van der Waals surface area contributed by atoms with E-state index in [1.165, 1.54) is 0 Å². The van der Waals surface area contributed by atoms with Gasteiger partial charge in [0.2, 0.25) is 5.91 Å². The highest BCUT2D eigenvalue weighted by molar-refractivity contribution is 6.20. The van der Waals surface area contributed by atoms with E-state index in [0.29, 0.717) is 35.4 Å². The molecule has 2 aliphatic heterocycles. The Kier molecular flexibility index (Phi) is 4.12. The first kappa shape index (κ1) is 20.1. The molecule has 1 atom stereocenters. The lowest BCUT2D eigenvalue weighted by Gasteiger charge is -2.46. The van der Waals surface area contributed by atoms with Crippen LogP contribution in [-0.2, 0) is 15.0 Å². The second kappa shape index (κ2) is 6.57. The summed E-state index contributed by atoms with van der Waals surface area (Å²) >= 11 is 0. The van der Waals surface area contributed by atoms with Crippen LogP contribution in [0.1, 0.15) is 37.8 Å². The molecule has 0 aromatic heterocycles. The third-order valence-corrected chi connectivity index (χ3v) is 6.66. The molecule has 6 heteroatoms. The van der Waals surface area contributed by atoms with E-state index < -0.39 is 11.3 Å². The van der Waals surface area contributed by atoms with Crippen molar-refractivity contribution in [1.29, 1.82) is 5.26 Å². The highest BCUT2D eigenvalue weighted by Crippen LogP contribution is 2.57. The lowest BCUT2D eigenvalue weighted by molar-refractivity contribution is -0.123. The number of anilines is 2. The number of allylic oxidation sites excluding steroid dienone is 1. The fraction of sp³-hybridized carbons (Fsp3) is 0.269. The van der Waals surface area contributed by atoms with Crippen LogP contribution in [-0.4, -0.2) is 11.7 Å². The van der Waals surface area contributed by atoms with Crippen LogP contribution in [0.3, 0.4) is 0 Å². The molecule has 3 aliphatic rings. The highest BCUT2D eigenvalue weighted by Gasteiger charge is 2.61. The molecule has 0 saturated heterocycles. The maximum atomic E-state index is 13.8. The maximum absolute atomic E-state index is 13.8. The predicted molar refractivity (Wildman–Crippen MR) is 122 cm³/mol. The molecule has 1 spiro atoms. The summed E-state index contributed by atoms with van der Waals surface area (Å²) in [5.41, 5.74) is 8.92. The second-order valence-electron chi connectivity index (χ2n) is 9.56. The van der Waals surface area contributed by atoms with Crippen molar-refractivity contribution in [3.8, 4) is 6.07 Å². The summed E-state index contributed by atoms with van der Waals surface area (Å²) in [6.07, 6.45) is 0.849. The van der Waals surface area contributed by atoms with Gasteiger partial charge in [-0.1, -0.05) is 49.7 Å². The quantitative estimate of drug-likeness (QED) is 0.720. The monoisotopic (exact) mass is 424 g/mol. The molecule has 32 heavy (non-hydrogen) atoms. The van der Waals surface area contributed by atoms with Crippen molar-refractivity contribution < 1.29 is 9.59 Å². The summed E-state index contributed by atoms with van der Waals surface area (Å²) in [7, 11) is 0. The Morgan fingerprint density at radius 1 is 1.09 bits per heavy atom. The van der Waals surface area contributed by atoms with Crippen LogP contribution in [0.15, 0.2) is 71.2 Å². The number of para-hydroxylation sites is 1. The molecule has 0 unspecified atom stereocenters. The molecule has 1 aliphatic carbocycles. The number of ketones is 1. The standard InChI is InChI=1S/C26H24N4O2/c1-15-9-10-19-17(11-15)26(24(32)29-19)18(14-27)23(28)30(16-7-5-4-6-8-16)20-12-25(2,3)13-21(31)22(20)26/h4-11H,12-13,28H2,1-3H3,(H,29,32)/t26-/m0/s1. The first-order valence-corrected chi connectivity index (χ1v) is 10.7. The van der Waals surface area contributed by atoms with Crippen molar-refractivity contribution in [2.24, 2.45) is 11.1 Å². The zero-order chi connectivity index (χ0) is 22.8. The van der Waals surface area contributed by atoms with E-state index >= 15 is 0 Å². The van der Waals surface area contributed by atoms with Gasteiger partial charge in [-0.25, -0.2) is 0 Å². The predicted octanol–water partition coefficient (Wildman–Crippen LogP) is 4.04. The fourth-order valence-corrected chi connectivity index (χ4v) is 5.40. The van der Waals surface area contributed by atoms with E-state index in [0.717, 1.165) is 11.3 Å². The minimum Gasteiger partial charge on any atom is -0.384 e. The third-order valence-electron chi connectivity index (χ3n) is 6.66. The molecule has 0 bridgehead atoms. The van der Waals surface area contributed by atoms with Crippen LogP contribution in [0.25, 0.3) is 0 Å². The average Bonchev–Trinajstić information content (AvgIpc) is 3.00. The zero-order valence-corrected chi connectivity index (χ0v) is 18.3. The maximum Gasteiger partial charge on any atom is 0.245 e. The van der Waals surface area contributed by atoms with Gasteiger partial charge in [-0.15, -0.1) is 0 Å². The summed E-state index contributed by atoms with van der Waals surface area (Å²) in [6.45, 7) is 6.00. The van der Waals surface area contributed by atoms with Crippen LogP contribution in [0.5, 0.6) is 0 Å². The summed E-state index contributed by atoms with van der Waals surface area (Å²) in [6, 6.07) is 17.3. The molecule has 5 rings (SSSR count). The van der Waals surface area contributed by atoms with E-state index in [9.17, 15) is 14.9 Å². The molecule has 6 nitrogen and oxygen atoms in total. The summed E-state index contributed by atoms with van der Waals surface area (Å²) < 4.78 is 0. The molecule has 2 heterocycles. The third kappa shape index (κ3) is 2.51. The first-order chi connectivity index (χ1) is 15.2. The van der Waals surface area contributed by atoms with Crippen molar-refractivity contribution in [2.75, 3.05) is 10.2 Å². The van der Waals surface area contributed by atoms with Crippen molar-refractivity contribution in [3.05, 3.63) is 82.3 Å². The number of nitrogens with zero attached hydrogens (tertiary/aromatic N) is 2. The van der Waals surface area contributed by atoms with Crippen LogP contribution in [0.2, 0.25) is 0 Å². The molecule has 0 fully saturated rings. The van der Waals surface area contributed by atoms with Crippen molar-refractivity contribution in [2.45, 2.75) is 39.0 Å². The molecule has 1 amide bonds. The summed E-state index contributed by atoms with van der Waals surface area (Å²) in [4.78, 5) is 29.2. The van der Waals surface area contributed by atoms with Crippen molar-refractivity contribution in [1.82, 2.24) is 0 Å². The fourth-order valence-electron chi connectivity index (χ4n) is 5.40. The number of fused-ring (bicyclic) bond motifs is 3. The molecule has 0 saturated carbocycles. The van der Waals surface area contributed by atoms with Gasteiger partial charge in [0.05, 0.1) is 5.57 Å². The van der Waals surface area contributed by atoms with Gasteiger partial charge in [-0.2, -0.15) is 5.26 Å². The van der Waals surface area contributed by atoms with Gasteiger partial charge in [0, 0.05) is 34.6 Å². The van der Waals surface area contributed by atoms with Gasteiger partial charge in [0.1, 0.15) is 17.3 Å². The number of Topliss-reactive ketones (excluding diaryl/α,β-unsaturated/α-hetero) is 1. The van der Waals surface area contributed by atoms with Crippen molar-refractivity contribution >= 4 is 23.1 Å². The zero-order valence-electron chi connectivity index (χ0n) is 18.3. The lowest BCUT2D eigenvalue weighted by atomic mass is 9.60. The number of rotatable bonds is 1. The van der Waals surface area contributed by atoms with Crippen LogP contribution in [0.4, 0.5) is 11.4 Å². The second-order valence-corrected chi connectivity index (χ2v) is 9.56. The Morgan fingerprint density at radius 2 is 1.81 bits per heavy atom. The van der Waals surface area contributed by atoms with Gasteiger partial charge >= 0.3 is 0 Å². The Morgan fingerprint density at radius 3 is 2.50 bits per heavy atom. The number of amides is 1. The number of nitrogens with one attached hydrogen (secondary N) is 1. The molecular formula is C26H24N4O2. The normalized spacial score (nSPS) is 23.8. The Balaban J connectivity index is 1.92. The smallest absolute Gasteiger partial charge is 0.245 e. The minimum atomic E-state index is -1.53. The molecule has 3 N–H and O–H groups in total. The van der Waals surface area contributed by atoms with E-state index in [2.05, 4.69) is 11.4 Å². The lowest BCUT2D eigenvalue weighted by Crippen LogP contribution is -2.52. The number of carbonyl (C=O) groups is 2. The number of hydrogen-bond donors (Lipinski definition) is 2. The molecule has 2 aromatic carbocycles. The summed E-state index contributed by atoms with van der Waals surface area (Å²) in [5.74, 6) is -0.333. The summed E-state index contributed by atoms with van der Waals surface area (Å²) in [5, 5.41) is 13.2. The molecule has 160 valence electrons. The van der Waals surface area contributed by atoms with Gasteiger partial charge in [-0.05, 0) is 37.0 Å². The topological polar surface area (TPSA) is 99.2 Å². The van der Waals surface area contributed by atoms with Crippen LogP contribution in [0, 0.1) is 23.7 Å². The number of carbonyl (C=O) groups excluding carboxylic acids is 2.